The Hall–Kier alpha value is -3.11. The Morgan fingerprint density at radius 3 is 2.90 bits per heavy atom. The minimum atomic E-state index is -0.228. The lowest BCUT2D eigenvalue weighted by Gasteiger charge is -2.42. The highest BCUT2D eigenvalue weighted by atomic mass is 32.2. The van der Waals surface area contributed by atoms with Gasteiger partial charge >= 0.3 is 12.0 Å². The zero-order valence-corrected chi connectivity index (χ0v) is 22.8. The fraction of sp³-hybridized carbons (Fsp3) is 0.517. The number of benzene rings is 2. The average molecular weight is 552 g/mol. The number of urea groups is 1. The van der Waals surface area contributed by atoms with E-state index in [0.717, 1.165) is 61.5 Å². The van der Waals surface area contributed by atoms with Crippen LogP contribution in [0.1, 0.15) is 54.0 Å². The Balaban J connectivity index is 1.01. The predicted molar refractivity (Wildman–Crippen MR) is 146 cm³/mol. The van der Waals surface area contributed by atoms with E-state index in [1.54, 1.807) is 7.11 Å². The van der Waals surface area contributed by atoms with Gasteiger partial charge in [-0.3, -0.25) is 9.69 Å². The van der Waals surface area contributed by atoms with Gasteiger partial charge in [0.1, 0.15) is 0 Å². The van der Waals surface area contributed by atoms with Crippen molar-refractivity contribution < 1.29 is 28.5 Å². The van der Waals surface area contributed by atoms with Gasteiger partial charge < -0.3 is 29.6 Å². The van der Waals surface area contributed by atoms with Gasteiger partial charge in [-0.1, -0.05) is 12.5 Å². The van der Waals surface area contributed by atoms with Gasteiger partial charge in [0.05, 0.1) is 19.2 Å². The molecular weight excluding hydrogens is 518 g/mol. The first kappa shape index (κ1) is 24.9. The molecule has 0 spiro atoms. The zero-order valence-electron chi connectivity index (χ0n) is 22.0. The van der Waals surface area contributed by atoms with Crippen LogP contribution in [-0.2, 0) is 24.2 Å². The fourth-order valence-electron chi connectivity index (χ4n) is 6.69. The van der Waals surface area contributed by atoms with Crippen LogP contribution in [0, 0.1) is 0 Å². The van der Waals surface area contributed by atoms with Crippen molar-refractivity contribution in [3.05, 3.63) is 46.5 Å². The standard InChI is InChI=1S/C29H33N3O6S/c1-35-22-7-6-16-10-21-18-12-24-23(36-15-37-24)11-17(18)8-9-32(21)13-19(16)28(22)38-26(33)5-3-2-4-25-27-20(14-39-25)30-29(34)31-27/h6-7,11-12,20-21,25,27H,2-5,8-10,13-15H2,1H3,(H2,30,31,34)/t20-,21?,25-,27-/m1/s1. The summed E-state index contributed by atoms with van der Waals surface area (Å²) in [4.78, 5) is 27.0. The molecule has 7 rings (SSSR count). The summed E-state index contributed by atoms with van der Waals surface area (Å²) in [6.45, 7) is 1.91. The molecule has 0 aliphatic carbocycles. The molecule has 4 atom stereocenters. The lowest BCUT2D eigenvalue weighted by atomic mass is 9.83. The second-order valence-corrected chi connectivity index (χ2v) is 12.2. The number of unbranched alkanes of at least 4 members (excludes halogenated alkanes) is 1. The van der Waals surface area contributed by atoms with Gasteiger partial charge in [-0.15, -0.1) is 0 Å². The lowest BCUT2D eigenvalue weighted by Crippen LogP contribution is -2.39. The number of nitrogens with one attached hydrogen (secondary N) is 2. The normalized spacial score (nSPS) is 26.1. The van der Waals surface area contributed by atoms with Gasteiger partial charge in [-0.25, -0.2) is 4.79 Å². The second-order valence-electron chi connectivity index (χ2n) is 10.9. The Bertz CT molecular complexity index is 1320. The fourth-order valence-corrected chi connectivity index (χ4v) is 8.23. The molecule has 10 heteroatoms. The van der Waals surface area contributed by atoms with E-state index in [9.17, 15) is 9.59 Å². The van der Waals surface area contributed by atoms with Crippen LogP contribution in [0.4, 0.5) is 4.79 Å². The number of carbonyl (C=O) groups is 2. The van der Waals surface area contributed by atoms with Crippen molar-refractivity contribution in [2.24, 2.45) is 0 Å². The molecule has 0 bridgehead atoms. The van der Waals surface area contributed by atoms with Crippen LogP contribution in [0.15, 0.2) is 24.3 Å². The molecule has 206 valence electrons. The summed E-state index contributed by atoms with van der Waals surface area (Å²) in [5, 5.41) is 6.41. The van der Waals surface area contributed by atoms with E-state index in [1.165, 1.54) is 16.7 Å². The highest BCUT2D eigenvalue weighted by molar-refractivity contribution is 8.00. The van der Waals surface area contributed by atoms with Crippen LogP contribution < -0.4 is 29.6 Å². The molecule has 1 unspecified atom stereocenters. The van der Waals surface area contributed by atoms with Crippen LogP contribution in [0.3, 0.4) is 0 Å². The summed E-state index contributed by atoms with van der Waals surface area (Å²) in [6.07, 6.45) is 4.79. The average Bonchev–Trinajstić information content (AvgIpc) is 3.65. The number of thioether (sulfide) groups is 1. The number of nitrogens with zero attached hydrogens (tertiary/aromatic N) is 1. The summed E-state index contributed by atoms with van der Waals surface area (Å²) < 4.78 is 22.9. The van der Waals surface area contributed by atoms with E-state index < -0.39 is 0 Å². The first-order valence-electron chi connectivity index (χ1n) is 13.8. The summed E-state index contributed by atoms with van der Waals surface area (Å²) in [6, 6.07) is 8.91. The molecule has 39 heavy (non-hydrogen) atoms. The Kier molecular flexibility index (Phi) is 6.47. The number of esters is 1. The Morgan fingerprint density at radius 1 is 1.15 bits per heavy atom. The van der Waals surface area contributed by atoms with Crippen molar-refractivity contribution >= 4 is 23.8 Å². The van der Waals surface area contributed by atoms with Crippen LogP contribution in [-0.4, -0.2) is 60.4 Å². The van der Waals surface area contributed by atoms with Crippen molar-refractivity contribution in [2.75, 3.05) is 26.2 Å². The number of hydrogen-bond donors (Lipinski definition) is 2. The van der Waals surface area contributed by atoms with Crippen LogP contribution in [0.2, 0.25) is 0 Å². The van der Waals surface area contributed by atoms with E-state index in [2.05, 4.69) is 33.7 Å². The van der Waals surface area contributed by atoms with E-state index in [1.807, 2.05) is 17.8 Å². The maximum atomic E-state index is 13.0. The molecule has 2 N–H and O–H groups in total. The topological polar surface area (TPSA) is 98.4 Å². The van der Waals surface area contributed by atoms with E-state index in [-0.39, 0.29) is 36.9 Å². The molecule has 2 saturated heterocycles. The van der Waals surface area contributed by atoms with E-state index >= 15 is 0 Å². The van der Waals surface area contributed by atoms with Gasteiger partial charge in [0.2, 0.25) is 6.79 Å². The quantitative estimate of drug-likeness (QED) is 0.233. The monoisotopic (exact) mass is 551 g/mol. The van der Waals surface area contributed by atoms with Gasteiger partial charge in [-0.05, 0) is 60.6 Å². The molecule has 0 aromatic heterocycles. The molecule has 5 aliphatic rings. The predicted octanol–water partition coefficient (Wildman–Crippen LogP) is 3.71. The third-order valence-electron chi connectivity index (χ3n) is 8.69. The van der Waals surface area contributed by atoms with Crippen LogP contribution >= 0.6 is 11.8 Å². The maximum Gasteiger partial charge on any atom is 0.315 e. The zero-order chi connectivity index (χ0) is 26.5. The van der Waals surface area contributed by atoms with Crippen LogP contribution in [0.25, 0.3) is 0 Å². The Labute approximate surface area is 231 Å². The van der Waals surface area contributed by atoms with Crippen molar-refractivity contribution in [3.8, 4) is 23.0 Å². The summed E-state index contributed by atoms with van der Waals surface area (Å²) in [7, 11) is 1.62. The maximum absolute atomic E-state index is 13.0. The highest BCUT2D eigenvalue weighted by Crippen LogP contribution is 2.46. The number of hydrogen-bond acceptors (Lipinski definition) is 8. The molecule has 2 aromatic carbocycles. The molecule has 5 aliphatic heterocycles. The first-order chi connectivity index (χ1) is 19.1. The number of methoxy groups -OCH3 is 1. The molecule has 2 amide bonds. The van der Waals surface area contributed by atoms with Crippen LogP contribution in [0.5, 0.6) is 23.0 Å². The molecule has 0 radical (unpaired) electrons. The molecule has 2 aromatic rings. The Morgan fingerprint density at radius 2 is 2.03 bits per heavy atom. The molecule has 2 fully saturated rings. The SMILES string of the molecule is COc1ccc2c(c1OC(=O)CCCC[C@H]1SC[C@H]3NC(=O)N[C@H]31)CN1CCc3cc4c(cc3C1C2)OCO4. The summed E-state index contributed by atoms with van der Waals surface area (Å²) >= 11 is 1.90. The van der Waals surface area contributed by atoms with Crippen molar-refractivity contribution in [1.82, 2.24) is 15.5 Å². The molecule has 0 saturated carbocycles. The van der Waals surface area contributed by atoms with Gasteiger partial charge in [0.25, 0.3) is 0 Å². The first-order valence-corrected chi connectivity index (χ1v) is 14.9. The van der Waals surface area contributed by atoms with E-state index in [0.29, 0.717) is 29.7 Å². The summed E-state index contributed by atoms with van der Waals surface area (Å²) in [5.74, 6) is 3.53. The third-order valence-corrected chi connectivity index (χ3v) is 10.2. The molecule has 5 heterocycles. The number of fused-ring (bicyclic) bond motifs is 6. The number of carbonyl (C=O) groups excluding carboxylic acids is 2. The lowest BCUT2D eigenvalue weighted by molar-refractivity contribution is -0.134. The van der Waals surface area contributed by atoms with Crippen molar-refractivity contribution in [2.45, 2.75) is 68.4 Å². The molecule has 9 nitrogen and oxygen atoms in total. The molecular formula is C29H33N3O6S. The summed E-state index contributed by atoms with van der Waals surface area (Å²) in [5.41, 5.74) is 4.85. The second kappa shape index (κ2) is 10.1. The third kappa shape index (κ3) is 4.57. The van der Waals surface area contributed by atoms with Gasteiger partial charge in [-0.2, -0.15) is 11.8 Å². The number of amides is 2. The number of ether oxygens (including phenoxy) is 4. The van der Waals surface area contributed by atoms with Gasteiger partial charge in [0.15, 0.2) is 23.0 Å². The minimum absolute atomic E-state index is 0.0637. The number of rotatable bonds is 7. The van der Waals surface area contributed by atoms with E-state index in [4.69, 9.17) is 18.9 Å². The smallest absolute Gasteiger partial charge is 0.315 e. The highest BCUT2D eigenvalue weighted by Gasteiger charge is 2.42. The minimum Gasteiger partial charge on any atom is -0.493 e. The largest absolute Gasteiger partial charge is 0.493 e. The van der Waals surface area contributed by atoms with Crippen molar-refractivity contribution in [3.63, 3.8) is 0 Å². The van der Waals surface area contributed by atoms with Crippen molar-refractivity contribution in [1.29, 1.82) is 0 Å². The van der Waals surface area contributed by atoms with Gasteiger partial charge in [0, 0.05) is 42.1 Å².